The van der Waals surface area contributed by atoms with Crippen LogP contribution in [0.25, 0.3) is 0 Å². The van der Waals surface area contributed by atoms with Crippen LogP contribution in [0.15, 0.2) is 29.2 Å². The van der Waals surface area contributed by atoms with Crippen molar-refractivity contribution in [1.82, 2.24) is 4.72 Å². The van der Waals surface area contributed by atoms with Crippen molar-refractivity contribution >= 4 is 21.7 Å². The number of rotatable bonds is 8. The average Bonchev–Trinajstić information content (AvgIpc) is 2.43. The van der Waals surface area contributed by atoms with E-state index in [0.717, 1.165) is 24.3 Å². The first-order chi connectivity index (χ1) is 9.77. The normalized spacial score (nSPS) is 12.8. The lowest BCUT2D eigenvalue weighted by Crippen LogP contribution is -2.32. The average molecular weight is 316 g/mol. The Kier molecular flexibility index (Phi) is 5.79. The van der Waals surface area contributed by atoms with Crippen molar-refractivity contribution in [2.24, 2.45) is 5.92 Å². The van der Waals surface area contributed by atoms with Crippen molar-refractivity contribution in [2.45, 2.75) is 24.7 Å². The highest BCUT2D eigenvalue weighted by Gasteiger charge is 2.21. The van der Waals surface area contributed by atoms with E-state index in [4.69, 9.17) is 5.11 Å². The zero-order valence-corrected chi connectivity index (χ0v) is 12.2. The molecule has 9 heteroatoms. The van der Waals surface area contributed by atoms with Gasteiger partial charge in [0.15, 0.2) is 0 Å². The zero-order valence-electron chi connectivity index (χ0n) is 11.4. The van der Waals surface area contributed by atoms with Gasteiger partial charge in [0.05, 0.1) is 15.7 Å². The highest BCUT2D eigenvalue weighted by molar-refractivity contribution is 7.89. The Morgan fingerprint density at radius 2 is 1.95 bits per heavy atom. The summed E-state index contributed by atoms with van der Waals surface area (Å²) in [5, 5.41) is 19.5. The minimum absolute atomic E-state index is 0.145. The van der Waals surface area contributed by atoms with Gasteiger partial charge >= 0.3 is 5.97 Å². The van der Waals surface area contributed by atoms with E-state index in [2.05, 4.69) is 4.72 Å². The molecular weight excluding hydrogens is 300 g/mol. The van der Waals surface area contributed by atoms with Gasteiger partial charge in [0.25, 0.3) is 5.69 Å². The quantitative estimate of drug-likeness (QED) is 0.551. The smallest absolute Gasteiger partial charge is 0.307 e. The maximum absolute atomic E-state index is 12.0. The molecule has 8 nitrogen and oxygen atoms in total. The SMILES string of the molecule is CCCC(CNS(=O)(=O)c1ccc([N+](=O)[O-])cc1)C(=O)O. The summed E-state index contributed by atoms with van der Waals surface area (Å²) in [6, 6.07) is 4.37. The highest BCUT2D eigenvalue weighted by Crippen LogP contribution is 2.16. The second-order valence-corrected chi connectivity index (χ2v) is 6.19. The molecule has 1 aromatic rings. The Labute approximate surface area is 122 Å². The number of nitrogens with zero attached hydrogens (tertiary/aromatic N) is 1. The Morgan fingerprint density at radius 1 is 1.38 bits per heavy atom. The molecule has 0 amide bonds. The molecule has 21 heavy (non-hydrogen) atoms. The summed E-state index contributed by atoms with van der Waals surface area (Å²) in [6.07, 6.45) is 0.980. The molecule has 0 saturated carbocycles. The van der Waals surface area contributed by atoms with Crippen LogP contribution < -0.4 is 4.72 Å². The van der Waals surface area contributed by atoms with Gasteiger partial charge in [0, 0.05) is 18.7 Å². The Bertz CT molecular complexity index is 611. The standard InChI is InChI=1S/C12H16N2O6S/c1-2-3-9(12(15)16)8-13-21(19,20)11-6-4-10(5-7-11)14(17)18/h4-7,9,13H,2-3,8H2,1H3,(H,15,16). The van der Waals surface area contributed by atoms with Gasteiger partial charge in [-0.2, -0.15) is 0 Å². The van der Waals surface area contributed by atoms with Gasteiger partial charge in [0.1, 0.15) is 0 Å². The van der Waals surface area contributed by atoms with Crippen LogP contribution in [-0.4, -0.2) is 31.0 Å². The summed E-state index contributed by atoms with van der Waals surface area (Å²) in [4.78, 5) is 20.7. The van der Waals surface area contributed by atoms with Crippen molar-refractivity contribution in [2.75, 3.05) is 6.54 Å². The van der Waals surface area contributed by atoms with Crippen LogP contribution >= 0.6 is 0 Å². The van der Waals surface area contributed by atoms with Crippen molar-refractivity contribution in [3.63, 3.8) is 0 Å². The third-order valence-corrected chi connectivity index (χ3v) is 4.30. The number of carboxylic acid groups (broad SMARTS) is 1. The Balaban J connectivity index is 2.81. The first-order valence-corrected chi connectivity index (χ1v) is 7.73. The fourth-order valence-electron chi connectivity index (χ4n) is 1.70. The van der Waals surface area contributed by atoms with Gasteiger partial charge in [-0.05, 0) is 18.6 Å². The second-order valence-electron chi connectivity index (χ2n) is 4.43. The maximum Gasteiger partial charge on any atom is 0.307 e. The van der Waals surface area contributed by atoms with E-state index >= 15 is 0 Å². The van der Waals surface area contributed by atoms with Crippen LogP contribution in [0.2, 0.25) is 0 Å². The molecule has 0 spiro atoms. The van der Waals surface area contributed by atoms with E-state index in [1.807, 2.05) is 0 Å². The van der Waals surface area contributed by atoms with Gasteiger partial charge < -0.3 is 5.11 Å². The molecule has 0 aromatic heterocycles. The summed E-state index contributed by atoms with van der Waals surface area (Å²) in [7, 11) is -3.89. The molecular formula is C12H16N2O6S. The number of non-ortho nitro benzene ring substituents is 1. The molecule has 1 unspecified atom stereocenters. The highest BCUT2D eigenvalue weighted by atomic mass is 32.2. The molecule has 116 valence electrons. The number of benzene rings is 1. The monoisotopic (exact) mass is 316 g/mol. The Morgan fingerprint density at radius 3 is 2.38 bits per heavy atom. The first-order valence-electron chi connectivity index (χ1n) is 6.25. The number of carboxylic acids is 1. The molecule has 0 aliphatic rings. The van der Waals surface area contributed by atoms with Crippen molar-refractivity contribution in [3.8, 4) is 0 Å². The predicted molar refractivity (Wildman–Crippen MR) is 74.3 cm³/mol. The number of carbonyl (C=O) groups is 1. The largest absolute Gasteiger partial charge is 0.481 e. The molecule has 0 bridgehead atoms. The molecule has 0 saturated heterocycles. The van der Waals surface area contributed by atoms with E-state index < -0.39 is 26.8 Å². The Hall–Kier alpha value is -2.00. The summed E-state index contributed by atoms with van der Waals surface area (Å²) < 4.78 is 26.2. The lowest BCUT2D eigenvalue weighted by Gasteiger charge is -2.12. The first kappa shape index (κ1) is 17.1. The van der Waals surface area contributed by atoms with Gasteiger partial charge in [-0.1, -0.05) is 13.3 Å². The molecule has 1 aromatic carbocycles. The van der Waals surface area contributed by atoms with Crippen molar-refractivity contribution in [3.05, 3.63) is 34.4 Å². The molecule has 0 radical (unpaired) electrons. The lowest BCUT2D eigenvalue weighted by atomic mass is 10.1. The molecule has 0 aliphatic carbocycles. The second kappa shape index (κ2) is 7.14. The summed E-state index contributed by atoms with van der Waals surface area (Å²) >= 11 is 0. The van der Waals surface area contributed by atoms with Crippen LogP contribution in [0.5, 0.6) is 0 Å². The number of sulfonamides is 1. The van der Waals surface area contributed by atoms with E-state index in [-0.39, 0.29) is 17.1 Å². The van der Waals surface area contributed by atoms with Crippen LogP contribution in [-0.2, 0) is 14.8 Å². The molecule has 0 fully saturated rings. The molecule has 0 aliphatic heterocycles. The molecule has 1 atom stereocenters. The lowest BCUT2D eigenvalue weighted by molar-refractivity contribution is -0.384. The number of nitro benzene ring substituents is 1. The molecule has 1 rings (SSSR count). The van der Waals surface area contributed by atoms with Crippen LogP contribution in [0.4, 0.5) is 5.69 Å². The fourth-order valence-corrected chi connectivity index (χ4v) is 2.78. The van der Waals surface area contributed by atoms with E-state index in [9.17, 15) is 23.3 Å². The van der Waals surface area contributed by atoms with Gasteiger partial charge in [0.2, 0.25) is 10.0 Å². The molecule has 0 heterocycles. The number of hydrogen-bond donors (Lipinski definition) is 2. The van der Waals surface area contributed by atoms with Gasteiger partial charge in [-0.25, -0.2) is 13.1 Å². The van der Waals surface area contributed by atoms with E-state index in [1.54, 1.807) is 6.92 Å². The van der Waals surface area contributed by atoms with Crippen LogP contribution in [0.3, 0.4) is 0 Å². The third kappa shape index (κ3) is 4.80. The maximum atomic E-state index is 12.0. The van der Waals surface area contributed by atoms with Crippen LogP contribution in [0.1, 0.15) is 19.8 Å². The summed E-state index contributed by atoms with van der Waals surface area (Å²) in [6.45, 7) is 1.59. The number of aliphatic carboxylic acids is 1. The van der Waals surface area contributed by atoms with Gasteiger partial charge in [-0.15, -0.1) is 0 Å². The predicted octanol–water partition coefficient (Wildman–Crippen LogP) is 1.37. The number of hydrogen-bond acceptors (Lipinski definition) is 5. The topological polar surface area (TPSA) is 127 Å². The number of nitrogens with one attached hydrogen (secondary N) is 1. The van der Waals surface area contributed by atoms with E-state index in [0.29, 0.717) is 12.8 Å². The minimum Gasteiger partial charge on any atom is -0.481 e. The zero-order chi connectivity index (χ0) is 16.0. The van der Waals surface area contributed by atoms with Crippen molar-refractivity contribution < 1.29 is 23.2 Å². The summed E-state index contributed by atoms with van der Waals surface area (Å²) in [5.74, 6) is -1.87. The summed E-state index contributed by atoms with van der Waals surface area (Å²) in [5.41, 5.74) is -0.219. The van der Waals surface area contributed by atoms with E-state index in [1.165, 1.54) is 0 Å². The van der Waals surface area contributed by atoms with Gasteiger partial charge in [-0.3, -0.25) is 14.9 Å². The fraction of sp³-hybridized carbons (Fsp3) is 0.417. The third-order valence-electron chi connectivity index (χ3n) is 2.86. The van der Waals surface area contributed by atoms with Crippen LogP contribution in [0, 0.1) is 16.0 Å². The minimum atomic E-state index is -3.89. The van der Waals surface area contributed by atoms with Crippen molar-refractivity contribution in [1.29, 1.82) is 0 Å². The number of nitro groups is 1. The molecule has 2 N–H and O–H groups in total.